The van der Waals surface area contributed by atoms with Crippen molar-refractivity contribution in [3.63, 3.8) is 0 Å². The molecule has 1 unspecified atom stereocenters. The largest absolute Gasteiger partial charge is 0.490 e. The van der Waals surface area contributed by atoms with Crippen molar-refractivity contribution >= 4 is 17.4 Å². The van der Waals surface area contributed by atoms with E-state index in [4.69, 9.17) is 21.1 Å². The molecule has 82 valence electrons. The van der Waals surface area contributed by atoms with Crippen molar-refractivity contribution in [2.24, 2.45) is 0 Å². The number of aromatic nitrogens is 2. The molecule has 0 radical (unpaired) electrons. The van der Waals surface area contributed by atoms with Gasteiger partial charge in [0.05, 0.1) is 19.8 Å². The van der Waals surface area contributed by atoms with Crippen LogP contribution in [0.4, 0.5) is 5.82 Å². The minimum absolute atomic E-state index is 0.268. The monoisotopic (exact) mass is 229 g/mol. The van der Waals surface area contributed by atoms with E-state index in [2.05, 4.69) is 15.3 Å². The molecular weight excluding hydrogens is 218 g/mol. The topological polar surface area (TPSA) is 56.3 Å². The highest BCUT2D eigenvalue weighted by atomic mass is 35.5. The van der Waals surface area contributed by atoms with Crippen LogP contribution in [0.3, 0.4) is 0 Å². The number of hydrogen-bond acceptors (Lipinski definition) is 5. The Hall–Kier alpha value is -1.07. The zero-order chi connectivity index (χ0) is 10.7. The number of hydrogen-bond donors (Lipinski definition) is 1. The zero-order valence-electron chi connectivity index (χ0n) is 8.36. The van der Waals surface area contributed by atoms with Gasteiger partial charge in [-0.25, -0.2) is 9.97 Å². The predicted octanol–water partition coefficient (Wildman–Crippen LogP) is 1.34. The first-order chi connectivity index (χ1) is 7.31. The van der Waals surface area contributed by atoms with Crippen LogP contribution in [-0.4, -0.2) is 36.3 Å². The van der Waals surface area contributed by atoms with Crippen LogP contribution in [0.25, 0.3) is 0 Å². The van der Waals surface area contributed by atoms with E-state index >= 15 is 0 Å². The van der Waals surface area contributed by atoms with Gasteiger partial charge < -0.3 is 14.8 Å². The highest BCUT2D eigenvalue weighted by Crippen LogP contribution is 2.29. The Kier molecular flexibility index (Phi) is 3.23. The molecule has 6 heteroatoms. The summed E-state index contributed by atoms with van der Waals surface area (Å²) in [6, 6.07) is 0.268. The molecule has 1 aliphatic heterocycles. The Labute approximate surface area is 92.8 Å². The maximum Gasteiger partial charge on any atom is 0.198 e. The van der Waals surface area contributed by atoms with Crippen molar-refractivity contribution < 1.29 is 9.47 Å². The van der Waals surface area contributed by atoms with Gasteiger partial charge in [0, 0.05) is 6.61 Å². The van der Waals surface area contributed by atoms with Crippen LogP contribution in [0.5, 0.6) is 5.75 Å². The van der Waals surface area contributed by atoms with Gasteiger partial charge in [-0.15, -0.1) is 0 Å². The van der Waals surface area contributed by atoms with E-state index in [-0.39, 0.29) is 6.04 Å². The average molecular weight is 230 g/mol. The molecule has 15 heavy (non-hydrogen) atoms. The molecule has 0 bridgehead atoms. The second-order valence-electron chi connectivity index (χ2n) is 3.25. The lowest BCUT2D eigenvalue weighted by molar-refractivity contribution is 0.195. The minimum atomic E-state index is 0.268. The van der Waals surface area contributed by atoms with Gasteiger partial charge in [0.1, 0.15) is 6.33 Å². The van der Waals surface area contributed by atoms with E-state index in [1.807, 2.05) is 0 Å². The quantitative estimate of drug-likeness (QED) is 0.793. The maximum absolute atomic E-state index is 5.87. The summed E-state index contributed by atoms with van der Waals surface area (Å²) in [6.07, 6.45) is 2.37. The predicted molar refractivity (Wildman–Crippen MR) is 56.4 cm³/mol. The van der Waals surface area contributed by atoms with Gasteiger partial charge in [-0.2, -0.15) is 0 Å². The van der Waals surface area contributed by atoms with Crippen molar-refractivity contribution in [1.82, 2.24) is 9.97 Å². The summed E-state index contributed by atoms with van der Waals surface area (Å²) in [5.41, 5.74) is 0. The Morgan fingerprint density at radius 1 is 1.60 bits per heavy atom. The van der Waals surface area contributed by atoms with Crippen molar-refractivity contribution in [2.45, 2.75) is 12.5 Å². The second kappa shape index (κ2) is 4.63. The van der Waals surface area contributed by atoms with Gasteiger partial charge in [0.2, 0.25) is 0 Å². The SMILES string of the molecule is COc1c(Cl)ncnc1NC1CCOC1. The van der Waals surface area contributed by atoms with E-state index < -0.39 is 0 Å². The summed E-state index contributed by atoms with van der Waals surface area (Å²) in [6.45, 7) is 1.46. The molecule has 1 aliphatic rings. The first-order valence-corrected chi connectivity index (χ1v) is 5.08. The molecule has 2 heterocycles. The smallest absolute Gasteiger partial charge is 0.198 e. The Morgan fingerprint density at radius 2 is 2.47 bits per heavy atom. The van der Waals surface area contributed by atoms with Crippen LogP contribution >= 0.6 is 11.6 Å². The van der Waals surface area contributed by atoms with E-state index in [0.717, 1.165) is 13.0 Å². The van der Waals surface area contributed by atoms with E-state index in [1.54, 1.807) is 7.11 Å². The maximum atomic E-state index is 5.87. The molecule has 0 amide bonds. The number of halogens is 1. The molecule has 0 spiro atoms. The number of ether oxygens (including phenoxy) is 2. The molecule has 1 aromatic heterocycles. The van der Waals surface area contributed by atoms with E-state index in [9.17, 15) is 0 Å². The number of methoxy groups -OCH3 is 1. The first kappa shape index (κ1) is 10.4. The van der Waals surface area contributed by atoms with Crippen molar-refractivity contribution in [3.05, 3.63) is 11.5 Å². The number of nitrogens with one attached hydrogen (secondary N) is 1. The van der Waals surface area contributed by atoms with E-state index in [0.29, 0.717) is 23.3 Å². The van der Waals surface area contributed by atoms with Crippen molar-refractivity contribution in [3.8, 4) is 5.75 Å². The summed E-state index contributed by atoms with van der Waals surface area (Å²) in [7, 11) is 1.54. The van der Waals surface area contributed by atoms with Crippen LogP contribution in [0.2, 0.25) is 5.15 Å². The zero-order valence-corrected chi connectivity index (χ0v) is 9.12. The highest BCUT2D eigenvalue weighted by molar-refractivity contribution is 6.31. The number of rotatable bonds is 3. The van der Waals surface area contributed by atoms with Crippen LogP contribution < -0.4 is 10.1 Å². The molecule has 0 aromatic carbocycles. The first-order valence-electron chi connectivity index (χ1n) is 4.70. The molecule has 5 nitrogen and oxygen atoms in total. The van der Waals surface area contributed by atoms with Gasteiger partial charge in [0.25, 0.3) is 0 Å². The molecule has 1 fully saturated rings. The lowest BCUT2D eigenvalue weighted by Gasteiger charge is -2.14. The van der Waals surface area contributed by atoms with Gasteiger partial charge in [-0.05, 0) is 6.42 Å². The van der Waals surface area contributed by atoms with Gasteiger partial charge in [0.15, 0.2) is 16.7 Å². The van der Waals surface area contributed by atoms with Crippen LogP contribution in [0.15, 0.2) is 6.33 Å². The number of nitrogens with zero attached hydrogens (tertiary/aromatic N) is 2. The summed E-state index contributed by atoms with van der Waals surface area (Å²) in [4.78, 5) is 7.93. The Balaban J connectivity index is 2.15. The standard InChI is InChI=1S/C9H12ClN3O2/c1-14-7-8(10)11-5-12-9(7)13-6-2-3-15-4-6/h5-6H,2-4H2,1H3,(H,11,12,13). The summed E-state index contributed by atoms with van der Waals surface area (Å²) < 4.78 is 10.4. The van der Waals surface area contributed by atoms with Crippen LogP contribution in [-0.2, 0) is 4.74 Å². The summed E-state index contributed by atoms with van der Waals surface area (Å²) in [5, 5.41) is 3.53. The normalized spacial score (nSPS) is 20.3. The van der Waals surface area contributed by atoms with Crippen LogP contribution in [0, 0.1) is 0 Å². The third-order valence-corrected chi connectivity index (χ3v) is 2.50. The van der Waals surface area contributed by atoms with Gasteiger partial charge >= 0.3 is 0 Å². The molecular formula is C9H12ClN3O2. The molecule has 1 saturated heterocycles. The summed E-state index contributed by atoms with van der Waals surface area (Å²) in [5.74, 6) is 1.10. The Bertz CT molecular complexity index is 342. The van der Waals surface area contributed by atoms with Crippen molar-refractivity contribution in [2.75, 3.05) is 25.6 Å². The lowest BCUT2D eigenvalue weighted by Crippen LogP contribution is -2.20. The van der Waals surface area contributed by atoms with Gasteiger partial charge in [-0.3, -0.25) is 0 Å². The third-order valence-electron chi connectivity index (χ3n) is 2.24. The fraction of sp³-hybridized carbons (Fsp3) is 0.556. The summed E-state index contributed by atoms with van der Waals surface area (Å²) >= 11 is 5.87. The van der Waals surface area contributed by atoms with Crippen LogP contribution in [0.1, 0.15) is 6.42 Å². The fourth-order valence-electron chi connectivity index (χ4n) is 1.48. The molecule has 1 atom stereocenters. The lowest BCUT2D eigenvalue weighted by atomic mass is 10.2. The van der Waals surface area contributed by atoms with Crippen molar-refractivity contribution in [1.29, 1.82) is 0 Å². The third kappa shape index (κ3) is 2.30. The highest BCUT2D eigenvalue weighted by Gasteiger charge is 2.18. The number of anilines is 1. The molecule has 1 aromatic rings. The second-order valence-corrected chi connectivity index (χ2v) is 3.61. The minimum Gasteiger partial charge on any atom is -0.490 e. The van der Waals surface area contributed by atoms with E-state index in [1.165, 1.54) is 6.33 Å². The Morgan fingerprint density at radius 3 is 3.13 bits per heavy atom. The molecule has 2 rings (SSSR count). The molecule has 0 saturated carbocycles. The fourth-order valence-corrected chi connectivity index (χ4v) is 1.69. The average Bonchev–Trinajstić information content (AvgIpc) is 2.71. The molecule has 0 aliphatic carbocycles. The molecule has 1 N–H and O–H groups in total. The van der Waals surface area contributed by atoms with Gasteiger partial charge in [-0.1, -0.05) is 11.6 Å².